The smallest absolute Gasteiger partial charge is 0.252 e. The summed E-state index contributed by atoms with van der Waals surface area (Å²) >= 11 is 1.53. The van der Waals surface area contributed by atoms with Gasteiger partial charge in [0.15, 0.2) is 0 Å². The van der Waals surface area contributed by atoms with Gasteiger partial charge in [-0.2, -0.15) is 11.3 Å². The minimum Gasteiger partial charge on any atom is -0.345 e. The summed E-state index contributed by atoms with van der Waals surface area (Å²) in [7, 11) is 0. The van der Waals surface area contributed by atoms with E-state index in [0.29, 0.717) is 0 Å². The zero-order chi connectivity index (χ0) is 12.3. The minimum absolute atomic E-state index is 0.0120. The van der Waals surface area contributed by atoms with Crippen molar-refractivity contribution in [3.8, 4) is 0 Å². The van der Waals surface area contributed by atoms with Gasteiger partial charge >= 0.3 is 0 Å². The predicted octanol–water partition coefficient (Wildman–Crippen LogP) is 3.55. The second kappa shape index (κ2) is 5.15. The third kappa shape index (κ3) is 2.74. The van der Waals surface area contributed by atoms with E-state index in [-0.39, 0.29) is 11.9 Å². The molecule has 1 N–H and O–H groups in total. The molecule has 88 valence electrons. The molecule has 0 aliphatic heterocycles. The van der Waals surface area contributed by atoms with E-state index in [0.717, 1.165) is 11.1 Å². The van der Waals surface area contributed by atoms with Crippen molar-refractivity contribution in [3.63, 3.8) is 0 Å². The minimum atomic E-state index is -0.0120. The van der Waals surface area contributed by atoms with Crippen LogP contribution < -0.4 is 5.32 Å². The molecule has 1 unspecified atom stereocenters. The lowest BCUT2D eigenvalue weighted by atomic mass is 10.0. The van der Waals surface area contributed by atoms with Crippen molar-refractivity contribution in [2.75, 3.05) is 0 Å². The maximum Gasteiger partial charge on any atom is 0.252 e. The fourth-order valence-electron chi connectivity index (χ4n) is 1.82. The van der Waals surface area contributed by atoms with Crippen LogP contribution in [0.25, 0.3) is 0 Å². The maximum absolute atomic E-state index is 11.9. The molecule has 2 rings (SSSR count). The van der Waals surface area contributed by atoms with Crippen molar-refractivity contribution in [1.29, 1.82) is 0 Å². The van der Waals surface area contributed by atoms with Gasteiger partial charge in [0.2, 0.25) is 0 Å². The maximum atomic E-state index is 11.9. The van der Waals surface area contributed by atoms with Crippen molar-refractivity contribution < 1.29 is 4.79 Å². The largest absolute Gasteiger partial charge is 0.345 e. The molecule has 0 saturated carbocycles. The van der Waals surface area contributed by atoms with Gasteiger partial charge in [-0.15, -0.1) is 0 Å². The molecule has 1 amide bonds. The molecule has 0 saturated heterocycles. The average molecular weight is 245 g/mol. The molecular weight excluding hydrogens is 230 g/mol. The number of rotatable bonds is 3. The molecule has 0 spiro atoms. The highest BCUT2D eigenvalue weighted by atomic mass is 32.1. The van der Waals surface area contributed by atoms with Gasteiger partial charge in [-0.05, 0) is 36.4 Å². The summed E-state index contributed by atoms with van der Waals surface area (Å²) in [6.45, 7) is 4.06. The number of carbonyl (C=O) groups is 1. The first-order chi connectivity index (χ1) is 8.18. The molecule has 1 atom stereocenters. The van der Waals surface area contributed by atoms with E-state index in [1.165, 1.54) is 16.9 Å². The number of hydrogen-bond donors (Lipinski definition) is 1. The Hall–Kier alpha value is -1.61. The predicted molar refractivity (Wildman–Crippen MR) is 71.4 cm³/mol. The highest BCUT2D eigenvalue weighted by Crippen LogP contribution is 2.17. The van der Waals surface area contributed by atoms with Crippen LogP contribution in [-0.4, -0.2) is 5.91 Å². The van der Waals surface area contributed by atoms with Gasteiger partial charge in [-0.1, -0.05) is 24.3 Å². The SMILES string of the molecule is Cc1ccccc1C(C)NC(=O)c1ccsc1. The van der Waals surface area contributed by atoms with Crippen LogP contribution >= 0.6 is 11.3 Å². The number of aryl methyl sites for hydroxylation is 1. The van der Waals surface area contributed by atoms with Gasteiger partial charge in [-0.25, -0.2) is 0 Å². The Kier molecular flexibility index (Phi) is 3.59. The third-order valence-electron chi connectivity index (χ3n) is 2.79. The first kappa shape index (κ1) is 11.9. The lowest BCUT2D eigenvalue weighted by molar-refractivity contribution is 0.0940. The highest BCUT2D eigenvalue weighted by Gasteiger charge is 2.12. The molecule has 3 heteroatoms. The molecule has 0 aliphatic carbocycles. The van der Waals surface area contributed by atoms with Gasteiger partial charge in [0.25, 0.3) is 5.91 Å². The van der Waals surface area contributed by atoms with Crippen molar-refractivity contribution >= 4 is 17.2 Å². The molecule has 0 radical (unpaired) electrons. The Bertz CT molecular complexity index is 505. The summed E-state index contributed by atoms with van der Waals surface area (Å²) < 4.78 is 0. The number of hydrogen-bond acceptors (Lipinski definition) is 2. The molecule has 2 aromatic rings. The summed E-state index contributed by atoms with van der Waals surface area (Å²) in [6, 6.07) is 9.98. The molecule has 0 aliphatic rings. The Morgan fingerprint density at radius 2 is 2.06 bits per heavy atom. The van der Waals surface area contributed by atoms with E-state index in [1.54, 1.807) is 0 Å². The number of benzene rings is 1. The van der Waals surface area contributed by atoms with Gasteiger partial charge in [0.05, 0.1) is 11.6 Å². The van der Waals surface area contributed by atoms with Gasteiger partial charge in [-0.3, -0.25) is 4.79 Å². The molecule has 1 aromatic heterocycles. The second-order valence-corrected chi connectivity index (χ2v) is 4.84. The Morgan fingerprint density at radius 3 is 2.71 bits per heavy atom. The van der Waals surface area contributed by atoms with Crippen LogP contribution in [-0.2, 0) is 0 Å². The normalized spacial score (nSPS) is 12.1. The van der Waals surface area contributed by atoms with E-state index in [1.807, 2.05) is 41.9 Å². The average Bonchev–Trinajstić information content (AvgIpc) is 2.82. The number of thiophene rings is 1. The van der Waals surface area contributed by atoms with E-state index < -0.39 is 0 Å². The topological polar surface area (TPSA) is 29.1 Å². The van der Waals surface area contributed by atoms with Gasteiger partial charge < -0.3 is 5.32 Å². The monoisotopic (exact) mass is 245 g/mol. The molecule has 0 bridgehead atoms. The summed E-state index contributed by atoms with van der Waals surface area (Å²) in [6.07, 6.45) is 0. The van der Waals surface area contributed by atoms with Crippen LogP contribution in [0.15, 0.2) is 41.1 Å². The van der Waals surface area contributed by atoms with Crippen molar-refractivity contribution in [1.82, 2.24) is 5.32 Å². The van der Waals surface area contributed by atoms with Gasteiger partial charge in [0, 0.05) is 5.38 Å². The standard InChI is InChI=1S/C14H15NOS/c1-10-5-3-4-6-13(10)11(2)15-14(16)12-7-8-17-9-12/h3-9,11H,1-2H3,(H,15,16). The Morgan fingerprint density at radius 1 is 1.29 bits per heavy atom. The van der Waals surface area contributed by atoms with Crippen LogP contribution in [0.3, 0.4) is 0 Å². The first-order valence-electron chi connectivity index (χ1n) is 5.57. The summed E-state index contributed by atoms with van der Waals surface area (Å²) in [5.74, 6) is -0.0120. The molecule has 1 aromatic carbocycles. The van der Waals surface area contributed by atoms with Crippen molar-refractivity contribution in [2.24, 2.45) is 0 Å². The zero-order valence-corrected chi connectivity index (χ0v) is 10.8. The quantitative estimate of drug-likeness (QED) is 0.880. The van der Waals surface area contributed by atoms with Crippen molar-refractivity contribution in [3.05, 3.63) is 57.8 Å². The molecular formula is C14H15NOS. The van der Waals surface area contributed by atoms with E-state index >= 15 is 0 Å². The number of amides is 1. The molecule has 2 nitrogen and oxygen atoms in total. The fraction of sp³-hybridized carbons (Fsp3) is 0.214. The lowest BCUT2D eigenvalue weighted by Crippen LogP contribution is -2.26. The Labute approximate surface area is 105 Å². The molecule has 17 heavy (non-hydrogen) atoms. The van der Waals surface area contributed by atoms with E-state index in [9.17, 15) is 4.79 Å². The lowest BCUT2D eigenvalue weighted by Gasteiger charge is -2.16. The van der Waals surface area contributed by atoms with Crippen LogP contribution in [0.1, 0.15) is 34.5 Å². The Balaban J connectivity index is 2.10. The van der Waals surface area contributed by atoms with E-state index in [2.05, 4.69) is 18.3 Å². The zero-order valence-electron chi connectivity index (χ0n) is 9.94. The van der Waals surface area contributed by atoms with Crippen LogP contribution in [0.4, 0.5) is 0 Å². The van der Waals surface area contributed by atoms with Crippen molar-refractivity contribution in [2.45, 2.75) is 19.9 Å². The molecule has 0 fully saturated rings. The highest BCUT2D eigenvalue weighted by molar-refractivity contribution is 7.08. The summed E-state index contributed by atoms with van der Waals surface area (Å²) in [4.78, 5) is 11.9. The summed E-state index contributed by atoms with van der Waals surface area (Å²) in [5, 5.41) is 6.78. The van der Waals surface area contributed by atoms with Crippen LogP contribution in [0, 0.1) is 6.92 Å². The van der Waals surface area contributed by atoms with E-state index in [4.69, 9.17) is 0 Å². The van der Waals surface area contributed by atoms with Crippen LogP contribution in [0.5, 0.6) is 0 Å². The fourth-order valence-corrected chi connectivity index (χ4v) is 2.46. The first-order valence-corrected chi connectivity index (χ1v) is 6.51. The molecule has 1 heterocycles. The third-order valence-corrected chi connectivity index (χ3v) is 3.47. The summed E-state index contributed by atoms with van der Waals surface area (Å²) in [5.41, 5.74) is 3.09. The second-order valence-electron chi connectivity index (χ2n) is 4.06. The van der Waals surface area contributed by atoms with Gasteiger partial charge in [0.1, 0.15) is 0 Å². The number of nitrogens with one attached hydrogen (secondary N) is 1. The number of carbonyl (C=O) groups excluding carboxylic acids is 1. The van der Waals surface area contributed by atoms with Crippen LogP contribution in [0.2, 0.25) is 0 Å².